The molecule has 1 saturated heterocycles. The van der Waals surface area contributed by atoms with Gasteiger partial charge in [0.1, 0.15) is 0 Å². The maximum Gasteiger partial charge on any atom is 0.0363 e. The SMILES string of the molecule is NC(CCc1ccccc1)CN1CCS(=O)CC1. The van der Waals surface area contributed by atoms with Crippen molar-refractivity contribution in [3.05, 3.63) is 35.9 Å². The Morgan fingerprint density at radius 1 is 1.22 bits per heavy atom. The minimum atomic E-state index is -0.592. The normalized spacial score (nSPS) is 19.8. The minimum absolute atomic E-state index is 0.219. The van der Waals surface area contributed by atoms with Gasteiger partial charge >= 0.3 is 0 Å². The average Bonchev–Trinajstić information content (AvgIpc) is 2.40. The predicted octanol–water partition coefficient (Wildman–Crippen LogP) is 1.01. The van der Waals surface area contributed by atoms with Crippen molar-refractivity contribution >= 4 is 10.8 Å². The molecule has 0 bridgehead atoms. The van der Waals surface area contributed by atoms with E-state index in [1.165, 1.54) is 5.56 Å². The highest BCUT2D eigenvalue weighted by atomic mass is 32.2. The highest BCUT2D eigenvalue weighted by Gasteiger charge is 2.17. The fourth-order valence-corrected chi connectivity index (χ4v) is 3.41. The number of rotatable bonds is 5. The molecular formula is C14H22N2OS. The van der Waals surface area contributed by atoms with Gasteiger partial charge in [-0.2, -0.15) is 0 Å². The number of aryl methyl sites for hydroxylation is 1. The minimum Gasteiger partial charge on any atom is -0.327 e. The predicted molar refractivity (Wildman–Crippen MR) is 77.1 cm³/mol. The smallest absolute Gasteiger partial charge is 0.0363 e. The van der Waals surface area contributed by atoms with Crippen molar-refractivity contribution in [1.29, 1.82) is 0 Å². The van der Waals surface area contributed by atoms with Gasteiger partial charge in [-0.1, -0.05) is 30.3 Å². The molecule has 18 heavy (non-hydrogen) atoms. The molecule has 0 aliphatic carbocycles. The standard InChI is InChI=1S/C14H22N2OS/c15-14(7-6-13-4-2-1-3-5-13)12-16-8-10-18(17)11-9-16/h1-5,14H,6-12,15H2. The first-order chi connectivity index (χ1) is 8.74. The van der Waals surface area contributed by atoms with Crippen LogP contribution in [0.25, 0.3) is 0 Å². The Hall–Kier alpha value is -0.710. The number of nitrogens with zero attached hydrogens (tertiary/aromatic N) is 1. The third kappa shape index (κ3) is 4.52. The van der Waals surface area contributed by atoms with Crippen molar-refractivity contribution in [1.82, 2.24) is 4.90 Å². The summed E-state index contributed by atoms with van der Waals surface area (Å²) in [6.07, 6.45) is 2.06. The Kier molecular flexibility index (Phi) is 5.35. The summed E-state index contributed by atoms with van der Waals surface area (Å²) < 4.78 is 11.3. The molecule has 4 heteroatoms. The van der Waals surface area contributed by atoms with Crippen molar-refractivity contribution in [2.75, 3.05) is 31.1 Å². The van der Waals surface area contributed by atoms with Crippen LogP contribution in [0.3, 0.4) is 0 Å². The van der Waals surface area contributed by atoms with Crippen LogP contribution in [-0.2, 0) is 17.2 Å². The molecule has 1 aromatic carbocycles. The molecule has 0 saturated carbocycles. The van der Waals surface area contributed by atoms with Gasteiger partial charge in [0.15, 0.2) is 0 Å². The molecule has 1 fully saturated rings. The molecular weight excluding hydrogens is 244 g/mol. The van der Waals surface area contributed by atoms with Gasteiger partial charge < -0.3 is 5.73 Å². The maximum atomic E-state index is 11.3. The van der Waals surface area contributed by atoms with E-state index < -0.39 is 10.8 Å². The van der Waals surface area contributed by atoms with Crippen molar-refractivity contribution in [3.8, 4) is 0 Å². The second-order valence-corrected chi connectivity index (χ2v) is 6.63. The first-order valence-electron chi connectivity index (χ1n) is 6.61. The topological polar surface area (TPSA) is 46.3 Å². The summed E-state index contributed by atoms with van der Waals surface area (Å²) in [5.74, 6) is 1.62. The van der Waals surface area contributed by atoms with Crippen LogP contribution >= 0.6 is 0 Å². The number of hydrogen-bond donors (Lipinski definition) is 1. The number of benzene rings is 1. The summed E-state index contributed by atoms with van der Waals surface area (Å²) in [5.41, 5.74) is 7.52. The van der Waals surface area contributed by atoms with E-state index >= 15 is 0 Å². The van der Waals surface area contributed by atoms with Crippen LogP contribution in [0.2, 0.25) is 0 Å². The molecule has 1 aliphatic heterocycles. The average molecular weight is 266 g/mol. The molecule has 100 valence electrons. The van der Waals surface area contributed by atoms with E-state index in [2.05, 4.69) is 29.2 Å². The lowest BCUT2D eigenvalue weighted by Gasteiger charge is -2.28. The van der Waals surface area contributed by atoms with Crippen LogP contribution in [0, 0.1) is 0 Å². The van der Waals surface area contributed by atoms with Gasteiger partial charge in [0.25, 0.3) is 0 Å². The van der Waals surface area contributed by atoms with E-state index in [0.29, 0.717) is 0 Å². The summed E-state index contributed by atoms with van der Waals surface area (Å²) in [6.45, 7) is 2.81. The molecule has 2 rings (SSSR count). The van der Waals surface area contributed by atoms with E-state index in [4.69, 9.17) is 5.73 Å². The summed E-state index contributed by atoms with van der Waals surface area (Å²) in [5, 5.41) is 0. The monoisotopic (exact) mass is 266 g/mol. The van der Waals surface area contributed by atoms with E-state index in [9.17, 15) is 4.21 Å². The van der Waals surface area contributed by atoms with E-state index in [0.717, 1.165) is 44.0 Å². The quantitative estimate of drug-likeness (QED) is 0.865. The lowest BCUT2D eigenvalue weighted by atomic mass is 10.1. The van der Waals surface area contributed by atoms with Crippen molar-refractivity contribution in [2.45, 2.75) is 18.9 Å². The number of nitrogens with two attached hydrogens (primary N) is 1. The van der Waals surface area contributed by atoms with Gasteiger partial charge in [0.2, 0.25) is 0 Å². The molecule has 2 N–H and O–H groups in total. The summed E-state index contributed by atoms with van der Waals surface area (Å²) in [4.78, 5) is 2.34. The van der Waals surface area contributed by atoms with Crippen molar-refractivity contribution in [3.63, 3.8) is 0 Å². The van der Waals surface area contributed by atoms with Gasteiger partial charge in [-0.05, 0) is 18.4 Å². The molecule has 1 aromatic rings. The van der Waals surface area contributed by atoms with Gasteiger partial charge in [0, 0.05) is 48.0 Å². The Bertz CT molecular complexity index is 373. The van der Waals surface area contributed by atoms with Crippen molar-refractivity contribution < 1.29 is 4.21 Å². The fraction of sp³-hybridized carbons (Fsp3) is 0.571. The molecule has 0 spiro atoms. The Balaban J connectivity index is 1.69. The molecule has 1 heterocycles. The molecule has 0 aromatic heterocycles. The van der Waals surface area contributed by atoms with Gasteiger partial charge in [-0.15, -0.1) is 0 Å². The summed E-state index contributed by atoms with van der Waals surface area (Å²) in [7, 11) is -0.592. The highest BCUT2D eigenvalue weighted by molar-refractivity contribution is 7.85. The third-order valence-corrected chi connectivity index (χ3v) is 4.69. The van der Waals surface area contributed by atoms with E-state index in [-0.39, 0.29) is 6.04 Å². The Morgan fingerprint density at radius 2 is 1.89 bits per heavy atom. The van der Waals surface area contributed by atoms with Crippen LogP contribution in [-0.4, -0.2) is 46.3 Å². The summed E-state index contributed by atoms with van der Waals surface area (Å²) in [6, 6.07) is 10.7. The zero-order valence-electron chi connectivity index (χ0n) is 10.8. The van der Waals surface area contributed by atoms with Crippen LogP contribution in [0.4, 0.5) is 0 Å². The summed E-state index contributed by atoms with van der Waals surface area (Å²) >= 11 is 0. The zero-order valence-corrected chi connectivity index (χ0v) is 11.6. The van der Waals surface area contributed by atoms with Gasteiger partial charge in [-0.3, -0.25) is 9.11 Å². The lowest BCUT2D eigenvalue weighted by molar-refractivity contribution is 0.275. The highest BCUT2D eigenvalue weighted by Crippen LogP contribution is 2.06. The van der Waals surface area contributed by atoms with Crippen molar-refractivity contribution in [2.24, 2.45) is 5.73 Å². The maximum absolute atomic E-state index is 11.3. The Morgan fingerprint density at radius 3 is 2.56 bits per heavy atom. The van der Waals surface area contributed by atoms with Gasteiger partial charge in [-0.25, -0.2) is 0 Å². The third-order valence-electron chi connectivity index (χ3n) is 3.41. The van der Waals surface area contributed by atoms with Gasteiger partial charge in [0.05, 0.1) is 0 Å². The molecule has 3 nitrogen and oxygen atoms in total. The molecule has 0 radical (unpaired) electrons. The van der Waals surface area contributed by atoms with E-state index in [1.54, 1.807) is 0 Å². The number of hydrogen-bond acceptors (Lipinski definition) is 3. The molecule has 1 unspecified atom stereocenters. The second-order valence-electron chi connectivity index (χ2n) is 4.93. The van der Waals surface area contributed by atoms with Crippen LogP contribution in [0.15, 0.2) is 30.3 Å². The van der Waals surface area contributed by atoms with Crippen LogP contribution < -0.4 is 5.73 Å². The van der Waals surface area contributed by atoms with Crippen LogP contribution in [0.5, 0.6) is 0 Å². The first-order valence-corrected chi connectivity index (χ1v) is 8.09. The Labute approximate surface area is 112 Å². The van der Waals surface area contributed by atoms with Crippen LogP contribution in [0.1, 0.15) is 12.0 Å². The zero-order chi connectivity index (χ0) is 12.8. The van der Waals surface area contributed by atoms with E-state index in [1.807, 2.05) is 6.07 Å². The fourth-order valence-electron chi connectivity index (χ4n) is 2.28. The lowest BCUT2D eigenvalue weighted by Crippen LogP contribution is -2.44. The second kappa shape index (κ2) is 7.02. The molecule has 1 atom stereocenters. The largest absolute Gasteiger partial charge is 0.327 e. The molecule has 1 aliphatic rings. The molecule has 0 amide bonds. The first kappa shape index (κ1) is 13.7.